The molecule has 38 heavy (non-hydrogen) atoms. The number of amides is 1. The second kappa shape index (κ2) is 12.5. The summed E-state index contributed by atoms with van der Waals surface area (Å²) in [5.41, 5.74) is 2.41. The molecule has 2 heterocycles. The number of esters is 2. The van der Waals surface area contributed by atoms with E-state index in [2.05, 4.69) is 22.3 Å². The highest BCUT2D eigenvalue weighted by Crippen LogP contribution is 2.38. The molecule has 0 saturated carbocycles. The third kappa shape index (κ3) is 6.59. The molecule has 0 fully saturated rings. The van der Waals surface area contributed by atoms with Crippen molar-refractivity contribution in [2.24, 2.45) is 0 Å². The Morgan fingerprint density at radius 3 is 2.63 bits per heavy atom. The van der Waals surface area contributed by atoms with Gasteiger partial charge in [0.05, 0.1) is 18.6 Å². The fourth-order valence-electron chi connectivity index (χ4n) is 4.29. The number of ether oxygens (including phenoxy) is 2. The molecular formula is C28H28ClFN2O5S. The molecule has 1 atom stereocenters. The predicted molar refractivity (Wildman–Crippen MR) is 144 cm³/mol. The zero-order valence-electron chi connectivity index (χ0n) is 21.1. The maximum atomic E-state index is 14.0. The number of anilines is 1. The van der Waals surface area contributed by atoms with Crippen LogP contribution in [0, 0.1) is 5.82 Å². The number of hydrogen-bond acceptors (Lipinski definition) is 7. The minimum absolute atomic E-state index is 0.00219. The van der Waals surface area contributed by atoms with Crippen LogP contribution in [-0.2, 0) is 45.0 Å². The summed E-state index contributed by atoms with van der Waals surface area (Å²) in [6.45, 7) is 5.49. The van der Waals surface area contributed by atoms with Gasteiger partial charge in [0.2, 0.25) is 0 Å². The van der Waals surface area contributed by atoms with Crippen molar-refractivity contribution in [1.82, 2.24) is 4.90 Å². The summed E-state index contributed by atoms with van der Waals surface area (Å²) in [7, 11) is 0. The van der Waals surface area contributed by atoms with E-state index in [1.165, 1.54) is 42.0 Å². The van der Waals surface area contributed by atoms with Crippen LogP contribution in [-0.4, -0.2) is 42.0 Å². The maximum absolute atomic E-state index is 14.0. The highest BCUT2D eigenvalue weighted by molar-refractivity contribution is 7.17. The largest absolute Gasteiger partial charge is 0.462 e. The molecule has 0 spiro atoms. The number of carbonyl (C=O) groups excluding carboxylic acids is 3. The van der Waals surface area contributed by atoms with Gasteiger partial charge >= 0.3 is 11.9 Å². The van der Waals surface area contributed by atoms with Crippen molar-refractivity contribution in [3.8, 4) is 0 Å². The van der Waals surface area contributed by atoms with E-state index >= 15 is 0 Å². The smallest absolute Gasteiger partial charge is 0.341 e. The minimum Gasteiger partial charge on any atom is -0.462 e. The monoisotopic (exact) mass is 558 g/mol. The topological polar surface area (TPSA) is 84.9 Å². The van der Waals surface area contributed by atoms with Crippen LogP contribution < -0.4 is 5.32 Å². The Kier molecular flexibility index (Phi) is 9.14. The number of fused-ring (bicyclic) bond motifs is 1. The number of nitrogens with zero attached hydrogens (tertiary/aromatic N) is 1. The van der Waals surface area contributed by atoms with Crippen LogP contribution in [0.15, 0.2) is 48.5 Å². The van der Waals surface area contributed by atoms with Gasteiger partial charge in [-0.3, -0.25) is 14.5 Å². The summed E-state index contributed by atoms with van der Waals surface area (Å²) in [5.74, 6) is -2.54. The number of hydrogen-bond donors (Lipinski definition) is 1. The summed E-state index contributed by atoms with van der Waals surface area (Å²) in [6.07, 6.45) is -0.963. The van der Waals surface area contributed by atoms with Crippen molar-refractivity contribution >= 4 is 45.8 Å². The summed E-state index contributed by atoms with van der Waals surface area (Å²) < 4.78 is 24.5. The molecule has 0 aliphatic carbocycles. The van der Waals surface area contributed by atoms with E-state index in [-0.39, 0.29) is 17.2 Å². The average molecular weight is 559 g/mol. The van der Waals surface area contributed by atoms with Gasteiger partial charge in [0.15, 0.2) is 6.10 Å². The molecule has 0 unspecified atom stereocenters. The van der Waals surface area contributed by atoms with Gasteiger partial charge in [-0.05, 0) is 43.5 Å². The first-order valence-electron chi connectivity index (χ1n) is 12.3. The number of benzene rings is 2. The number of halogens is 2. The van der Waals surface area contributed by atoms with Crippen LogP contribution in [0.2, 0.25) is 5.02 Å². The fourth-order valence-corrected chi connectivity index (χ4v) is 5.80. The highest BCUT2D eigenvalue weighted by Gasteiger charge is 2.31. The molecule has 200 valence electrons. The molecule has 1 aromatic heterocycles. The molecular weight excluding hydrogens is 531 g/mol. The molecule has 7 nitrogen and oxygen atoms in total. The first kappa shape index (κ1) is 27.8. The van der Waals surface area contributed by atoms with Crippen LogP contribution in [0.3, 0.4) is 0 Å². The van der Waals surface area contributed by atoms with Gasteiger partial charge in [0, 0.05) is 35.1 Å². The highest BCUT2D eigenvalue weighted by atomic mass is 35.5. The number of thiophene rings is 1. The normalized spacial score (nSPS) is 13.9. The summed E-state index contributed by atoms with van der Waals surface area (Å²) >= 11 is 7.30. The third-order valence-electron chi connectivity index (χ3n) is 6.16. The Hall–Kier alpha value is -3.27. The second-order valence-corrected chi connectivity index (χ2v) is 10.4. The van der Waals surface area contributed by atoms with E-state index in [0.717, 1.165) is 23.5 Å². The zero-order valence-corrected chi connectivity index (χ0v) is 22.7. The van der Waals surface area contributed by atoms with E-state index in [1.807, 2.05) is 18.2 Å². The Morgan fingerprint density at radius 2 is 1.92 bits per heavy atom. The lowest BCUT2D eigenvalue weighted by molar-refractivity contribution is -0.152. The van der Waals surface area contributed by atoms with Gasteiger partial charge in [-0.15, -0.1) is 11.3 Å². The lowest BCUT2D eigenvalue weighted by Crippen LogP contribution is -2.31. The molecule has 0 saturated heterocycles. The van der Waals surface area contributed by atoms with Crippen molar-refractivity contribution < 1.29 is 28.2 Å². The van der Waals surface area contributed by atoms with Crippen molar-refractivity contribution in [3.05, 3.63) is 86.5 Å². The zero-order chi connectivity index (χ0) is 27.2. The van der Waals surface area contributed by atoms with Gasteiger partial charge in [-0.1, -0.05) is 48.0 Å². The Bertz CT molecular complexity index is 1310. The molecule has 1 aliphatic rings. The fraction of sp³-hybridized carbons (Fsp3) is 0.321. The Balaban J connectivity index is 1.46. The van der Waals surface area contributed by atoms with Crippen molar-refractivity contribution in [1.29, 1.82) is 0 Å². The first-order chi connectivity index (χ1) is 18.3. The molecule has 2 aromatic carbocycles. The van der Waals surface area contributed by atoms with Crippen LogP contribution in [0.25, 0.3) is 0 Å². The Morgan fingerprint density at radius 1 is 1.16 bits per heavy atom. The molecule has 1 amide bonds. The standard InChI is InChI=1S/C28H28ClFN2O5S/c1-3-36-28(35)25-19-12-13-32(15-18-8-5-4-6-9-18)16-23(19)38-27(25)31-26(34)17(2)37-24(33)14-20-21(29)10-7-11-22(20)30/h4-11,17H,3,12-16H2,1-2H3,(H,31,34)/t17-/m0/s1. The van der Waals surface area contributed by atoms with E-state index < -0.39 is 36.2 Å². The molecule has 0 bridgehead atoms. The van der Waals surface area contributed by atoms with Crippen LogP contribution in [0.5, 0.6) is 0 Å². The molecule has 10 heteroatoms. The quantitative estimate of drug-likeness (QED) is 0.355. The lowest BCUT2D eigenvalue weighted by atomic mass is 10.0. The molecule has 4 rings (SSSR count). The van der Waals surface area contributed by atoms with Crippen molar-refractivity contribution in [3.63, 3.8) is 0 Å². The summed E-state index contributed by atoms with van der Waals surface area (Å²) in [4.78, 5) is 41.4. The Labute approximate surface area is 229 Å². The van der Waals surface area contributed by atoms with E-state index in [1.54, 1.807) is 6.92 Å². The predicted octanol–water partition coefficient (Wildman–Crippen LogP) is 5.39. The average Bonchev–Trinajstić information content (AvgIpc) is 3.24. The minimum atomic E-state index is -1.18. The van der Waals surface area contributed by atoms with Crippen molar-refractivity contribution in [2.75, 3.05) is 18.5 Å². The van der Waals surface area contributed by atoms with E-state index in [0.29, 0.717) is 23.5 Å². The lowest BCUT2D eigenvalue weighted by Gasteiger charge is -2.27. The van der Waals surface area contributed by atoms with Crippen molar-refractivity contribution in [2.45, 2.75) is 45.9 Å². The van der Waals surface area contributed by atoms with Gasteiger partial charge in [-0.25, -0.2) is 9.18 Å². The third-order valence-corrected chi connectivity index (χ3v) is 7.65. The van der Waals surface area contributed by atoms with Gasteiger partial charge in [-0.2, -0.15) is 0 Å². The first-order valence-corrected chi connectivity index (χ1v) is 13.5. The van der Waals surface area contributed by atoms with Crippen LogP contribution in [0.1, 0.15) is 45.8 Å². The number of carbonyl (C=O) groups is 3. The second-order valence-electron chi connectivity index (χ2n) is 8.87. The SMILES string of the molecule is CCOC(=O)c1c(NC(=O)[C@H](C)OC(=O)Cc2c(F)cccc2Cl)sc2c1CCN(Cc1ccccc1)C2. The summed E-state index contributed by atoms with van der Waals surface area (Å²) in [5, 5.41) is 3.21. The number of rotatable bonds is 9. The van der Waals surface area contributed by atoms with E-state index in [4.69, 9.17) is 21.1 Å². The molecule has 3 aromatic rings. The summed E-state index contributed by atoms with van der Waals surface area (Å²) in [6, 6.07) is 14.2. The van der Waals surface area contributed by atoms with Gasteiger partial charge in [0.1, 0.15) is 10.8 Å². The van der Waals surface area contributed by atoms with E-state index in [9.17, 15) is 18.8 Å². The molecule has 0 radical (unpaired) electrons. The van der Waals surface area contributed by atoms with Gasteiger partial charge in [0.25, 0.3) is 5.91 Å². The number of nitrogens with one attached hydrogen (secondary N) is 1. The van der Waals surface area contributed by atoms with Crippen LogP contribution in [0.4, 0.5) is 9.39 Å². The molecule has 1 N–H and O–H groups in total. The van der Waals surface area contributed by atoms with Gasteiger partial charge < -0.3 is 14.8 Å². The maximum Gasteiger partial charge on any atom is 0.341 e. The van der Waals surface area contributed by atoms with Crippen LogP contribution >= 0.6 is 22.9 Å². The molecule has 1 aliphatic heterocycles.